The summed E-state index contributed by atoms with van der Waals surface area (Å²) in [6.45, 7) is 0. The first-order valence-corrected chi connectivity index (χ1v) is 9.96. The summed E-state index contributed by atoms with van der Waals surface area (Å²) in [5.41, 5.74) is 4.15. The molecular formula is C23H29BN2. The summed E-state index contributed by atoms with van der Waals surface area (Å²) in [4.78, 5) is 7.24. The molecular weight excluding hydrogens is 315 g/mol. The van der Waals surface area contributed by atoms with Crippen LogP contribution in [-0.4, -0.2) is 17.8 Å². The highest BCUT2D eigenvalue weighted by Crippen LogP contribution is 2.30. The molecule has 4 rings (SSSR count). The van der Waals surface area contributed by atoms with Crippen molar-refractivity contribution < 1.29 is 0 Å². The third-order valence-electron chi connectivity index (χ3n) is 5.38. The number of hydrogen-bond donors (Lipinski definition) is 1. The van der Waals surface area contributed by atoms with Crippen LogP contribution in [0.2, 0.25) is 6.32 Å². The topological polar surface area (TPSA) is 28.7 Å². The van der Waals surface area contributed by atoms with Gasteiger partial charge in [-0.2, -0.15) is 0 Å². The van der Waals surface area contributed by atoms with E-state index in [1.165, 1.54) is 48.9 Å². The Morgan fingerprint density at radius 3 is 1.92 bits per heavy atom. The molecule has 134 valence electrons. The maximum absolute atomic E-state index is 4.04. The summed E-state index contributed by atoms with van der Waals surface area (Å²) in [5, 5.41) is 0. The molecule has 1 fully saturated rings. The van der Waals surface area contributed by atoms with Crippen molar-refractivity contribution in [3.63, 3.8) is 0 Å². The molecule has 0 radical (unpaired) electrons. The van der Waals surface area contributed by atoms with Crippen molar-refractivity contribution in [1.82, 2.24) is 9.97 Å². The van der Waals surface area contributed by atoms with Crippen LogP contribution in [0.4, 0.5) is 0 Å². The molecule has 26 heavy (non-hydrogen) atoms. The molecule has 0 amide bonds. The van der Waals surface area contributed by atoms with Gasteiger partial charge < -0.3 is 4.98 Å². The normalized spacial score (nSPS) is 14.7. The van der Waals surface area contributed by atoms with Gasteiger partial charge in [0.15, 0.2) is 0 Å². The highest BCUT2D eigenvalue weighted by atomic mass is 14.9. The van der Waals surface area contributed by atoms with E-state index in [-0.39, 0.29) is 0 Å². The van der Waals surface area contributed by atoms with Gasteiger partial charge in [0.1, 0.15) is 7.85 Å². The smallest absolute Gasteiger partial charge is 0.102 e. The number of rotatable bonds is 4. The zero-order chi connectivity index (χ0) is 18.0. The second-order valence-electron chi connectivity index (χ2n) is 7.12. The minimum Gasteiger partial charge on any atom is -0.348 e. The van der Waals surface area contributed by atoms with Gasteiger partial charge in [-0.3, -0.25) is 0 Å². The van der Waals surface area contributed by atoms with E-state index in [4.69, 9.17) is 0 Å². The fourth-order valence-corrected chi connectivity index (χ4v) is 3.94. The number of aromatic nitrogens is 2. The van der Waals surface area contributed by atoms with E-state index in [1.807, 2.05) is 6.20 Å². The van der Waals surface area contributed by atoms with Gasteiger partial charge in [-0.05, 0) is 24.0 Å². The first-order valence-electron chi connectivity index (χ1n) is 9.96. The van der Waals surface area contributed by atoms with E-state index in [0.29, 0.717) is 5.92 Å². The molecule has 0 saturated heterocycles. The molecule has 1 aliphatic rings. The van der Waals surface area contributed by atoms with Crippen LogP contribution in [0.5, 0.6) is 0 Å². The van der Waals surface area contributed by atoms with Gasteiger partial charge in [-0.15, -0.1) is 0 Å². The van der Waals surface area contributed by atoms with Crippen molar-refractivity contribution in [3.8, 4) is 0 Å². The summed E-state index contributed by atoms with van der Waals surface area (Å²) in [6, 6.07) is 21.4. The molecule has 1 heterocycles. The predicted molar refractivity (Wildman–Crippen MR) is 112 cm³/mol. The standard InChI is InChI=1S/C14H15B.C9H14N2/c15-11-14(12-7-3-1-4-8-12)13-9-5-2-6-10-13;1-2-4-8(5-3-1)9-6-10-7-11-9/h1-10,14H,11,15H2;6-8H,1-5H2,(H,10,11). The Balaban J connectivity index is 0.000000158. The van der Waals surface area contributed by atoms with Crippen LogP contribution < -0.4 is 0 Å². The number of nitrogens with one attached hydrogen (secondary N) is 1. The number of H-pyrrole nitrogens is 1. The summed E-state index contributed by atoms with van der Waals surface area (Å²) < 4.78 is 0. The fourth-order valence-electron chi connectivity index (χ4n) is 3.94. The molecule has 1 saturated carbocycles. The molecule has 2 nitrogen and oxygen atoms in total. The highest BCUT2D eigenvalue weighted by molar-refractivity contribution is 6.09. The first-order chi connectivity index (χ1) is 12.9. The average Bonchev–Trinajstić information content (AvgIpc) is 3.26. The quantitative estimate of drug-likeness (QED) is 0.637. The van der Waals surface area contributed by atoms with Gasteiger partial charge in [0.25, 0.3) is 0 Å². The number of hydrogen-bond acceptors (Lipinski definition) is 1. The summed E-state index contributed by atoms with van der Waals surface area (Å²) in [6.07, 6.45) is 11.8. The molecule has 0 bridgehead atoms. The molecule has 0 spiro atoms. The van der Waals surface area contributed by atoms with E-state index >= 15 is 0 Å². The second-order valence-corrected chi connectivity index (χ2v) is 7.12. The predicted octanol–water partition coefficient (Wildman–Crippen LogP) is 5.33. The van der Waals surface area contributed by atoms with Crippen LogP contribution >= 0.6 is 0 Å². The van der Waals surface area contributed by atoms with Gasteiger partial charge >= 0.3 is 0 Å². The zero-order valence-corrected chi connectivity index (χ0v) is 15.8. The van der Waals surface area contributed by atoms with Gasteiger partial charge in [0, 0.05) is 23.7 Å². The minimum atomic E-state index is 0.535. The van der Waals surface area contributed by atoms with Crippen molar-refractivity contribution in [2.45, 2.75) is 50.3 Å². The molecule has 3 heteroatoms. The maximum atomic E-state index is 4.04. The van der Waals surface area contributed by atoms with E-state index in [9.17, 15) is 0 Å². The Labute approximate surface area is 158 Å². The molecule has 1 aromatic heterocycles. The van der Waals surface area contributed by atoms with Gasteiger partial charge in [0.2, 0.25) is 0 Å². The lowest BCUT2D eigenvalue weighted by Crippen LogP contribution is -2.04. The van der Waals surface area contributed by atoms with Crippen LogP contribution in [0.1, 0.15) is 60.8 Å². The molecule has 2 aromatic carbocycles. The summed E-state index contributed by atoms with van der Waals surface area (Å²) in [7, 11) is 2.24. The number of imidazole rings is 1. The number of nitrogens with zero attached hydrogens (tertiary/aromatic N) is 1. The average molecular weight is 344 g/mol. The molecule has 0 unspecified atom stereocenters. The lowest BCUT2D eigenvalue weighted by molar-refractivity contribution is 0.437. The van der Waals surface area contributed by atoms with Crippen molar-refractivity contribution in [2.24, 2.45) is 0 Å². The van der Waals surface area contributed by atoms with E-state index < -0.39 is 0 Å². The Morgan fingerprint density at radius 1 is 0.885 bits per heavy atom. The second kappa shape index (κ2) is 10.0. The van der Waals surface area contributed by atoms with Crippen LogP contribution in [0.25, 0.3) is 0 Å². The van der Waals surface area contributed by atoms with Crippen LogP contribution in [0.15, 0.2) is 73.2 Å². The highest BCUT2D eigenvalue weighted by Gasteiger charge is 2.15. The summed E-state index contributed by atoms with van der Waals surface area (Å²) >= 11 is 0. The molecule has 1 aliphatic carbocycles. The van der Waals surface area contributed by atoms with Crippen LogP contribution in [0.3, 0.4) is 0 Å². The number of benzene rings is 2. The lowest BCUT2D eigenvalue weighted by atomic mass is 9.81. The SMILES string of the molecule is BCC(c1ccccc1)c1ccccc1.c1ncc(C2CCCCC2)[nH]1. The first kappa shape index (κ1) is 18.5. The lowest BCUT2D eigenvalue weighted by Gasteiger charge is -2.19. The summed E-state index contributed by atoms with van der Waals surface area (Å²) in [5.74, 6) is 1.30. The number of aromatic amines is 1. The van der Waals surface area contributed by atoms with Gasteiger partial charge in [-0.25, -0.2) is 4.98 Å². The van der Waals surface area contributed by atoms with E-state index in [1.54, 1.807) is 6.33 Å². The van der Waals surface area contributed by atoms with Gasteiger partial charge in [0.05, 0.1) is 6.33 Å². The largest absolute Gasteiger partial charge is 0.348 e. The van der Waals surface area contributed by atoms with E-state index in [0.717, 1.165) is 12.2 Å². The van der Waals surface area contributed by atoms with Gasteiger partial charge in [-0.1, -0.05) is 86.2 Å². The maximum Gasteiger partial charge on any atom is 0.102 e. The van der Waals surface area contributed by atoms with Crippen LogP contribution in [0, 0.1) is 0 Å². The third kappa shape index (κ3) is 5.11. The van der Waals surface area contributed by atoms with Crippen molar-refractivity contribution in [2.75, 3.05) is 0 Å². The molecule has 1 N–H and O–H groups in total. The van der Waals surface area contributed by atoms with Crippen molar-refractivity contribution in [3.05, 3.63) is 90.0 Å². The molecule has 0 atom stereocenters. The zero-order valence-electron chi connectivity index (χ0n) is 15.8. The van der Waals surface area contributed by atoms with Crippen LogP contribution in [-0.2, 0) is 0 Å². The monoisotopic (exact) mass is 344 g/mol. The van der Waals surface area contributed by atoms with E-state index in [2.05, 4.69) is 78.5 Å². The van der Waals surface area contributed by atoms with Crippen molar-refractivity contribution in [1.29, 1.82) is 0 Å². The minimum absolute atomic E-state index is 0.535. The Hall–Kier alpha value is -2.29. The Bertz CT molecular complexity index is 680. The molecule has 3 aromatic rings. The Morgan fingerprint density at radius 2 is 1.46 bits per heavy atom. The van der Waals surface area contributed by atoms with Crippen molar-refractivity contribution >= 4 is 7.85 Å². The fraction of sp³-hybridized carbons (Fsp3) is 0.348. The third-order valence-corrected chi connectivity index (χ3v) is 5.38. The molecule has 0 aliphatic heterocycles. The Kier molecular flexibility index (Phi) is 7.12.